The predicted octanol–water partition coefficient (Wildman–Crippen LogP) is 1.08. The highest BCUT2D eigenvalue weighted by atomic mass is 35.5. The first-order valence-corrected chi connectivity index (χ1v) is 9.31. The van der Waals surface area contributed by atoms with Crippen LogP contribution in [-0.2, 0) is 21.4 Å². The third kappa shape index (κ3) is 5.51. The molecule has 1 aromatic heterocycles. The van der Waals surface area contributed by atoms with Crippen molar-refractivity contribution in [3.05, 3.63) is 17.0 Å². The van der Waals surface area contributed by atoms with Crippen LogP contribution < -0.4 is 15.4 Å². The maximum Gasteiger partial charge on any atom is 0.249 e. The molecule has 0 radical (unpaired) electrons. The zero-order valence-electron chi connectivity index (χ0n) is 12.4. The first kappa shape index (κ1) is 19.4. The summed E-state index contributed by atoms with van der Waals surface area (Å²) in [5.74, 6) is 0.623. The van der Waals surface area contributed by atoms with Gasteiger partial charge in [-0.1, -0.05) is 0 Å². The van der Waals surface area contributed by atoms with Crippen molar-refractivity contribution < 1.29 is 13.2 Å². The summed E-state index contributed by atoms with van der Waals surface area (Å²) in [4.78, 5) is 12.6. The van der Waals surface area contributed by atoms with E-state index in [-0.39, 0.29) is 22.5 Å². The Balaban J connectivity index is 0.00000242. The van der Waals surface area contributed by atoms with E-state index in [1.807, 2.05) is 0 Å². The Hall–Kier alpha value is -0.670. The molecule has 1 saturated heterocycles. The van der Waals surface area contributed by atoms with Gasteiger partial charge in [0.1, 0.15) is 4.21 Å². The molecule has 3 N–H and O–H groups in total. The molecular weight excluding hydrogens is 346 g/mol. The quantitative estimate of drug-likeness (QED) is 0.673. The highest BCUT2D eigenvalue weighted by Crippen LogP contribution is 2.21. The molecule has 2 rings (SSSR count). The molecule has 1 atom stereocenters. The van der Waals surface area contributed by atoms with E-state index in [4.69, 9.17) is 0 Å². The molecule has 0 bridgehead atoms. The number of sulfonamides is 1. The zero-order chi connectivity index (χ0) is 15.3. The van der Waals surface area contributed by atoms with E-state index in [1.54, 1.807) is 12.1 Å². The van der Waals surface area contributed by atoms with Gasteiger partial charge >= 0.3 is 0 Å². The summed E-state index contributed by atoms with van der Waals surface area (Å²) in [6.07, 6.45) is 2.57. The highest BCUT2D eigenvalue weighted by Gasteiger charge is 2.16. The molecule has 0 aromatic carbocycles. The number of amides is 1. The fourth-order valence-electron chi connectivity index (χ4n) is 2.27. The van der Waals surface area contributed by atoms with E-state index < -0.39 is 10.0 Å². The van der Waals surface area contributed by atoms with Gasteiger partial charge in [0.25, 0.3) is 0 Å². The van der Waals surface area contributed by atoms with Crippen molar-refractivity contribution in [3.63, 3.8) is 0 Å². The summed E-state index contributed by atoms with van der Waals surface area (Å²) in [5.41, 5.74) is 0. The van der Waals surface area contributed by atoms with Gasteiger partial charge in [-0.15, -0.1) is 23.7 Å². The van der Waals surface area contributed by atoms with Crippen LogP contribution >= 0.6 is 23.7 Å². The van der Waals surface area contributed by atoms with Crippen molar-refractivity contribution in [1.29, 1.82) is 0 Å². The second kappa shape index (κ2) is 8.83. The zero-order valence-corrected chi connectivity index (χ0v) is 14.9. The molecule has 9 heteroatoms. The summed E-state index contributed by atoms with van der Waals surface area (Å²) >= 11 is 1.17. The smallest absolute Gasteiger partial charge is 0.249 e. The SMILES string of the molecule is CNS(=O)(=O)c1ccc(CNC(=O)CCC2CCNC2)s1.Cl. The molecule has 1 aromatic rings. The van der Waals surface area contributed by atoms with Crippen LogP contribution in [0.4, 0.5) is 0 Å². The summed E-state index contributed by atoms with van der Waals surface area (Å²) in [6.45, 7) is 2.43. The van der Waals surface area contributed by atoms with E-state index in [0.717, 1.165) is 30.8 Å². The van der Waals surface area contributed by atoms with Gasteiger partial charge in [0.05, 0.1) is 6.54 Å². The number of hydrogen-bond donors (Lipinski definition) is 3. The third-order valence-corrected chi connectivity index (χ3v) is 6.56. The van der Waals surface area contributed by atoms with E-state index in [9.17, 15) is 13.2 Å². The minimum absolute atomic E-state index is 0. The summed E-state index contributed by atoms with van der Waals surface area (Å²) in [6, 6.07) is 3.29. The Morgan fingerprint density at radius 2 is 2.23 bits per heavy atom. The Bertz CT molecular complexity index is 583. The molecule has 0 aliphatic carbocycles. The number of thiophene rings is 1. The fourth-order valence-corrected chi connectivity index (χ4v) is 4.40. The predicted molar refractivity (Wildman–Crippen MR) is 89.9 cm³/mol. The van der Waals surface area contributed by atoms with E-state index in [1.165, 1.54) is 18.4 Å². The van der Waals surface area contributed by atoms with Crippen LogP contribution in [-0.4, -0.2) is 34.5 Å². The van der Waals surface area contributed by atoms with Gasteiger partial charge in [-0.05, 0) is 51.0 Å². The van der Waals surface area contributed by atoms with Gasteiger partial charge in [0, 0.05) is 11.3 Å². The number of carbonyl (C=O) groups is 1. The van der Waals surface area contributed by atoms with Crippen LogP contribution in [0.1, 0.15) is 24.1 Å². The standard InChI is InChI=1S/C13H21N3O3S2.ClH/c1-14-21(18,19)13-5-3-11(20-13)9-16-12(17)4-2-10-6-7-15-8-10;/h3,5,10,14-15H,2,4,6-9H2,1H3,(H,16,17);1H. The minimum Gasteiger partial charge on any atom is -0.351 e. The molecule has 1 fully saturated rings. The molecule has 0 spiro atoms. The third-order valence-electron chi connectivity index (χ3n) is 3.57. The van der Waals surface area contributed by atoms with Gasteiger partial charge in [-0.2, -0.15) is 0 Å². The van der Waals surface area contributed by atoms with E-state index >= 15 is 0 Å². The van der Waals surface area contributed by atoms with Crippen LogP contribution in [0.15, 0.2) is 16.3 Å². The van der Waals surface area contributed by atoms with Crippen molar-refractivity contribution in [3.8, 4) is 0 Å². The fraction of sp³-hybridized carbons (Fsp3) is 0.615. The van der Waals surface area contributed by atoms with Gasteiger partial charge in [0.2, 0.25) is 15.9 Å². The molecule has 0 saturated carbocycles. The molecule has 126 valence electrons. The second-order valence-corrected chi connectivity index (χ2v) is 8.38. The lowest BCUT2D eigenvalue weighted by Gasteiger charge is -2.08. The highest BCUT2D eigenvalue weighted by molar-refractivity contribution is 7.91. The average Bonchev–Trinajstić information content (AvgIpc) is 3.14. The van der Waals surface area contributed by atoms with Crippen molar-refractivity contribution in [2.75, 3.05) is 20.1 Å². The lowest BCUT2D eigenvalue weighted by Crippen LogP contribution is -2.23. The molecular formula is C13H22ClN3O3S2. The van der Waals surface area contributed by atoms with Crippen molar-refractivity contribution in [1.82, 2.24) is 15.4 Å². The first-order valence-electron chi connectivity index (χ1n) is 7.01. The molecule has 6 nitrogen and oxygen atoms in total. The van der Waals surface area contributed by atoms with Gasteiger partial charge in [-0.25, -0.2) is 13.1 Å². The van der Waals surface area contributed by atoms with Gasteiger partial charge in [-0.3, -0.25) is 4.79 Å². The summed E-state index contributed by atoms with van der Waals surface area (Å²) in [7, 11) is -2.01. The Labute approximate surface area is 141 Å². The normalized spacial score (nSPS) is 18.0. The van der Waals surface area contributed by atoms with Crippen molar-refractivity contribution in [2.24, 2.45) is 5.92 Å². The maximum atomic E-state index is 11.8. The van der Waals surface area contributed by atoms with E-state index in [2.05, 4.69) is 15.4 Å². The van der Waals surface area contributed by atoms with Crippen LogP contribution in [0, 0.1) is 5.92 Å². The van der Waals surface area contributed by atoms with E-state index in [0.29, 0.717) is 18.9 Å². The van der Waals surface area contributed by atoms with Crippen molar-refractivity contribution in [2.45, 2.75) is 30.0 Å². The minimum atomic E-state index is -3.39. The number of halogens is 1. The Kier molecular flexibility index (Phi) is 7.78. The van der Waals surface area contributed by atoms with Crippen molar-refractivity contribution >= 4 is 39.7 Å². The number of carbonyl (C=O) groups excluding carboxylic acids is 1. The largest absolute Gasteiger partial charge is 0.351 e. The molecule has 1 aliphatic heterocycles. The Morgan fingerprint density at radius 3 is 2.86 bits per heavy atom. The molecule has 22 heavy (non-hydrogen) atoms. The number of hydrogen-bond acceptors (Lipinski definition) is 5. The van der Waals surface area contributed by atoms with Gasteiger partial charge in [0.15, 0.2) is 0 Å². The summed E-state index contributed by atoms with van der Waals surface area (Å²) in [5, 5.41) is 6.12. The monoisotopic (exact) mass is 367 g/mol. The lowest BCUT2D eigenvalue weighted by atomic mass is 10.0. The van der Waals surface area contributed by atoms with Crippen LogP contribution in [0.5, 0.6) is 0 Å². The molecule has 1 amide bonds. The van der Waals surface area contributed by atoms with Crippen LogP contribution in [0.25, 0.3) is 0 Å². The number of nitrogens with one attached hydrogen (secondary N) is 3. The van der Waals surface area contributed by atoms with Gasteiger partial charge < -0.3 is 10.6 Å². The van der Waals surface area contributed by atoms with Crippen LogP contribution in [0.2, 0.25) is 0 Å². The number of rotatable bonds is 7. The lowest BCUT2D eigenvalue weighted by molar-refractivity contribution is -0.121. The molecule has 1 aliphatic rings. The second-order valence-electron chi connectivity index (χ2n) is 5.10. The molecule has 2 heterocycles. The maximum absolute atomic E-state index is 11.8. The first-order chi connectivity index (χ1) is 10.0. The topological polar surface area (TPSA) is 87.3 Å². The summed E-state index contributed by atoms with van der Waals surface area (Å²) < 4.78 is 25.8. The molecule has 1 unspecified atom stereocenters. The Morgan fingerprint density at radius 1 is 1.45 bits per heavy atom. The van der Waals surface area contributed by atoms with Crippen LogP contribution in [0.3, 0.4) is 0 Å². The average molecular weight is 368 g/mol.